The summed E-state index contributed by atoms with van der Waals surface area (Å²) in [6.45, 7) is 2.54. The molecule has 0 saturated heterocycles. The van der Waals surface area contributed by atoms with Crippen LogP contribution >= 0.6 is 11.8 Å². The Morgan fingerprint density at radius 1 is 1.29 bits per heavy atom. The first-order valence-corrected chi connectivity index (χ1v) is 7.57. The summed E-state index contributed by atoms with van der Waals surface area (Å²) < 4.78 is 6.90. The summed E-state index contributed by atoms with van der Waals surface area (Å²) >= 11 is 1.80. The number of nitrogens with zero attached hydrogens (tertiary/aromatic N) is 4. The lowest BCUT2D eigenvalue weighted by atomic mass is 10.2. The molecular formula is C14H15N5OS. The first kappa shape index (κ1) is 13.7. The average Bonchev–Trinajstić information content (AvgIpc) is 3.10. The number of anilines is 1. The highest BCUT2D eigenvalue weighted by atomic mass is 32.2. The van der Waals surface area contributed by atoms with Crippen LogP contribution < -0.4 is 5.73 Å². The van der Waals surface area contributed by atoms with Crippen molar-refractivity contribution in [3.63, 3.8) is 0 Å². The fourth-order valence-electron chi connectivity index (χ4n) is 1.91. The second-order valence-electron chi connectivity index (χ2n) is 4.44. The van der Waals surface area contributed by atoms with Gasteiger partial charge in [0.25, 0.3) is 0 Å². The zero-order chi connectivity index (χ0) is 14.7. The number of thioether (sulfide) groups is 1. The molecular weight excluding hydrogens is 286 g/mol. The quantitative estimate of drug-likeness (QED) is 0.729. The number of rotatable bonds is 5. The molecule has 0 unspecified atom stereocenters. The van der Waals surface area contributed by atoms with Gasteiger partial charge in [-0.05, 0) is 30.0 Å². The van der Waals surface area contributed by atoms with E-state index in [1.807, 2.05) is 12.1 Å². The third-order valence-corrected chi connectivity index (χ3v) is 3.74. The largest absolute Gasteiger partial charge is 0.396 e. The predicted octanol–water partition coefficient (Wildman–Crippen LogP) is 2.68. The molecule has 0 saturated carbocycles. The second-order valence-corrected chi connectivity index (χ2v) is 5.78. The van der Waals surface area contributed by atoms with Crippen LogP contribution in [0.3, 0.4) is 0 Å². The molecule has 0 aliphatic rings. The fourth-order valence-corrected chi connectivity index (χ4v) is 2.57. The molecule has 108 valence electrons. The van der Waals surface area contributed by atoms with Crippen LogP contribution in [0, 0.1) is 0 Å². The summed E-state index contributed by atoms with van der Waals surface area (Å²) in [5, 5.41) is 8.09. The van der Waals surface area contributed by atoms with Crippen LogP contribution in [-0.4, -0.2) is 25.7 Å². The van der Waals surface area contributed by atoms with Gasteiger partial charge in [-0.3, -0.25) is 4.68 Å². The van der Waals surface area contributed by atoms with Crippen molar-refractivity contribution in [3.05, 3.63) is 42.5 Å². The molecule has 1 aromatic carbocycles. The monoisotopic (exact) mass is 301 g/mol. The zero-order valence-corrected chi connectivity index (χ0v) is 12.4. The van der Waals surface area contributed by atoms with E-state index in [0.29, 0.717) is 23.9 Å². The lowest BCUT2D eigenvalue weighted by molar-refractivity contribution is 0.366. The minimum Gasteiger partial charge on any atom is -0.396 e. The van der Waals surface area contributed by atoms with Gasteiger partial charge in [-0.25, -0.2) is 0 Å². The van der Waals surface area contributed by atoms with Gasteiger partial charge in [0.15, 0.2) is 0 Å². The van der Waals surface area contributed by atoms with Gasteiger partial charge in [-0.1, -0.05) is 12.1 Å². The van der Waals surface area contributed by atoms with Crippen LogP contribution in [0.5, 0.6) is 0 Å². The summed E-state index contributed by atoms with van der Waals surface area (Å²) in [7, 11) is 0. The Hall–Kier alpha value is -2.28. The van der Waals surface area contributed by atoms with Gasteiger partial charge in [0.05, 0.1) is 11.9 Å². The lowest BCUT2D eigenvalue weighted by Crippen LogP contribution is -2.00. The van der Waals surface area contributed by atoms with Gasteiger partial charge in [-0.15, -0.1) is 11.8 Å². The molecule has 0 aliphatic carbocycles. The van der Waals surface area contributed by atoms with Crippen LogP contribution in [0.2, 0.25) is 0 Å². The lowest BCUT2D eigenvalue weighted by Gasteiger charge is -1.98. The summed E-state index contributed by atoms with van der Waals surface area (Å²) in [5.74, 6) is 2.14. The van der Waals surface area contributed by atoms with E-state index in [9.17, 15) is 0 Å². The van der Waals surface area contributed by atoms with E-state index in [2.05, 4.69) is 34.3 Å². The van der Waals surface area contributed by atoms with Crippen molar-refractivity contribution >= 4 is 17.4 Å². The first-order chi connectivity index (χ1) is 10.2. The van der Waals surface area contributed by atoms with Gasteiger partial charge in [0.2, 0.25) is 11.7 Å². The third kappa shape index (κ3) is 3.25. The van der Waals surface area contributed by atoms with Crippen molar-refractivity contribution in [2.24, 2.45) is 0 Å². The molecule has 0 fully saturated rings. The Kier molecular flexibility index (Phi) is 3.92. The molecule has 2 aromatic heterocycles. The minimum atomic E-state index is 0.411. The maximum absolute atomic E-state index is 5.62. The number of nitrogens with two attached hydrogens (primary N) is 1. The first-order valence-electron chi connectivity index (χ1n) is 6.58. The van der Waals surface area contributed by atoms with Crippen LogP contribution in [0.25, 0.3) is 11.4 Å². The average molecular weight is 301 g/mol. The highest BCUT2D eigenvalue weighted by Crippen LogP contribution is 2.22. The molecule has 2 heterocycles. The van der Waals surface area contributed by atoms with Gasteiger partial charge in [-0.2, -0.15) is 10.1 Å². The molecule has 0 bridgehead atoms. The minimum absolute atomic E-state index is 0.411. The van der Waals surface area contributed by atoms with Crippen molar-refractivity contribution in [1.29, 1.82) is 0 Å². The molecule has 7 heteroatoms. The maximum atomic E-state index is 5.62. The van der Waals surface area contributed by atoms with Crippen LogP contribution in [0.15, 0.2) is 46.1 Å². The molecule has 21 heavy (non-hydrogen) atoms. The van der Waals surface area contributed by atoms with E-state index < -0.39 is 0 Å². The number of hydrogen-bond donors (Lipinski definition) is 1. The van der Waals surface area contributed by atoms with Crippen molar-refractivity contribution in [2.45, 2.75) is 18.4 Å². The van der Waals surface area contributed by atoms with E-state index >= 15 is 0 Å². The van der Waals surface area contributed by atoms with E-state index in [1.54, 1.807) is 28.8 Å². The van der Waals surface area contributed by atoms with E-state index in [0.717, 1.165) is 11.3 Å². The smallest absolute Gasteiger partial charge is 0.248 e. The Bertz CT molecular complexity index is 719. The number of nitrogen functional groups attached to an aromatic ring is 1. The normalized spacial score (nSPS) is 10.9. The zero-order valence-electron chi connectivity index (χ0n) is 11.6. The molecule has 0 spiro atoms. The highest BCUT2D eigenvalue weighted by molar-refractivity contribution is 7.99. The predicted molar refractivity (Wildman–Crippen MR) is 81.9 cm³/mol. The second kappa shape index (κ2) is 6.01. The Morgan fingerprint density at radius 2 is 2.10 bits per heavy atom. The molecule has 3 aromatic rings. The molecule has 0 amide bonds. The van der Waals surface area contributed by atoms with Gasteiger partial charge in [0.1, 0.15) is 6.54 Å². The summed E-state index contributed by atoms with van der Waals surface area (Å²) in [5.41, 5.74) is 7.16. The molecule has 0 radical (unpaired) electrons. The standard InChI is InChI=1S/C14H15N5OS/c1-2-21-12-5-3-10(4-6-12)14-17-13(20-18-14)9-19-8-11(15)7-16-19/h3-8H,2,9,15H2,1H3. The fraction of sp³-hybridized carbons (Fsp3) is 0.214. The Labute approximate surface area is 126 Å². The van der Waals surface area contributed by atoms with Crippen molar-refractivity contribution in [3.8, 4) is 11.4 Å². The maximum Gasteiger partial charge on any atom is 0.248 e. The molecule has 6 nitrogen and oxygen atoms in total. The summed E-state index contributed by atoms with van der Waals surface area (Å²) in [6, 6.07) is 8.12. The summed E-state index contributed by atoms with van der Waals surface area (Å²) in [6.07, 6.45) is 3.31. The number of aromatic nitrogens is 4. The van der Waals surface area contributed by atoms with Crippen molar-refractivity contribution < 1.29 is 4.52 Å². The SMILES string of the molecule is CCSc1ccc(-c2noc(Cn3cc(N)cn3)n2)cc1. The summed E-state index contributed by atoms with van der Waals surface area (Å²) in [4.78, 5) is 5.61. The molecule has 0 atom stereocenters. The molecule has 3 rings (SSSR count). The molecule has 0 aliphatic heterocycles. The number of hydrogen-bond acceptors (Lipinski definition) is 6. The van der Waals surface area contributed by atoms with Gasteiger partial charge in [0, 0.05) is 16.7 Å². The van der Waals surface area contributed by atoms with E-state index in [-0.39, 0.29) is 0 Å². The van der Waals surface area contributed by atoms with Crippen LogP contribution in [-0.2, 0) is 6.54 Å². The van der Waals surface area contributed by atoms with Crippen molar-refractivity contribution in [2.75, 3.05) is 11.5 Å². The topological polar surface area (TPSA) is 82.8 Å². The Morgan fingerprint density at radius 3 is 2.76 bits per heavy atom. The highest BCUT2D eigenvalue weighted by Gasteiger charge is 2.09. The molecule has 2 N–H and O–H groups in total. The van der Waals surface area contributed by atoms with Gasteiger partial charge >= 0.3 is 0 Å². The van der Waals surface area contributed by atoms with Crippen LogP contribution in [0.1, 0.15) is 12.8 Å². The van der Waals surface area contributed by atoms with Crippen molar-refractivity contribution in [1.82, 2.24) is 19.9 Å². The Balaban J connectivity index is 1.74. The van der Waals surface area contributed by atoms with E-state index in [4.69, 9.17) is 10.3 Å². The third-order valence-electron chi connectivity index (χ3n) is 2.84. The number of benzene rings is 1. The van der Waals surface area contributed by atoms with E-state index in [1.165, 1.54) is 4.90 Å². The van der Waals surface area contributed by atoms with Crippen LogP contribution in [0.4, 0.5) is 5.69 Å². The van der Waals surface area contributed by atoms with Gasteiger partial charge < -0.3 is 10.3 Å².